The SMILES string of the molecule is C#CCCCC(=O)CC1CCCCO1. The molecule has 0 radical (unpaired) electrons. The van der Waals surface area contributed by atoms with E-state index in [1.807, 2.05) is 0 Å². The van der Waals surface area contributed by atoms with Crippen molar-refractivity contribution in [2.75, 3.05) is 6.61 Å². The van der Waals surface area contributed by atoms with Gasteiger partial charge in [0.2, 0.25) is 0 Å². The highest BCUT2D eigenvalue weighted by Gasteiger charge is 2.16. The van der Waals surface area contributed by atoms with E-state index in [1.54, 1.807) is 0 Å². The van der Waals surface area contributed by atoms with E-state index in [9.17, 15) is 4.79 Å². The molecule has 78 valence electrons. The van der Waals surface area contributed by atoms with Crippen LogP contribution in [0.3, 0.4) is 0 Å². The van der Waals surface area contributed by atoms with E-state index in [4.69, 9.17) is 11.2 Å². The lowest BCUT2D eigenvalue weighted by Crippen LogP contribution is -2.22. The first-order valence-electron chi connectivity index (χ1n) is 5.39. The maximum absolute atomic E-state index is 11.4. The van der Waals surface area contributed by atoms with E-state index in [1.165, 1.54) is 6.42 Å². The van der Waals surface area contributed by atoms with Gasteiger partial charge in [-0.2, -0.15) is 0 Å². The number of rotatable bonds is 5. The summed E-state index contributed by atoms with van der Waals surface area (Å²) in [4.78, 5) is 11.4. The van der Waals surface area contributed by atoms with Crippen molar-refractivity contribution in [2.45, 2.75) is 51.0 Å². The van der Waals surface area contributed by atoms with Crippen molar-refractivity contribution in [3.05, 3.63) is 0 Å². The minimum absolute atomic E-state index is 0.182. The Morgan fingerprint density at radius 1 is 1.50 bits per heavy atom. The number of Topliss-reactive ketones (excluding diaryl/α,β-unsaturated/α-hetero) is 1. The molecule has 0 saturated carbocycles. The van der Waals surface area contributed by atoms with Crippen molar-refractivity contribution in [2.24, 2.45) is 0 Å². The molecule has 1 saturated heterocycles. The zero-order valence-corrected chi connectivity index (χ0v) is 8.63. The van der Waals surface area contributed by atoms with Gasteiger partial charge in [-0.25, -0.2) is 0 Å². The van der Waals surface area contributed by atoms with Crippen LogP contribution in [-0.4, -0.2) is 18.5 Å². The number of terminal acetylenes is 1. The molecular weight excluding hydrogens is 176 g/mol. The minimum atomic E-state index is 0.182. The molecule has 1 rings (SSSR count). The van der Waals surface area contributed by atoms with Crippen LogP contribution in [0.15, 0.2) is 0 Å². The quantitative estimate of drug-likeness (QED) is 0.496. The summed E-state index contributed by atoms with van der Waals surface area (Å²) < 4.78 is 5.49. The summed E-state index contributed by atoms with van der Waals surface area (Å²) in [5, 5.41) is 0. The second-order valence-corrected chi connectivity index (χ2v) is 3.79. The molecule has 0 aromatic rings. The van der Waals surface area contributed by atoms with Gasteiger partial charge in [-0.1, -0.05) is 0 Å². The second kappa shape index (κ2) is 6.62. The number of unbranched alkanes of at least 4 members (excludes halogenated alkanes) is 1. The summed E-state index contributed by atoms with van der Waals surface area (Å²) in [6, 6.07) is 0. The van der Waals surface area contributed by atoms with Gasteiger partial charge in [-0.05, 0) is 25.7 Å². The summed E-state index contributed by atoms with van der Waals surface area (Å²) in [5.41, 5.74) is 0. The van der Waals surface area contributed by atoms with Crippen molar-refractivity contribution in [1.82, 2.24) is 0 Å². The van der Waals surface area contributed by atoms with Gasteiger partial charge < -0.3 is 4.74 Å². The first-order valence-corrected chi connectivity index (χ1v) is 5.39. The fourth-order valence-electron chi connectivity index (χ4n) is 1.71. The van der Waals surface area contributed by atoms with Crippen molar-refractivity contribution < 1.29 is 9.53 Å². The monoisotopic (exact) mass is 194 g/mol. The molecule has 2 nitrogen and oxygen atoms in total. The van der Waals surface area contributed by atoms with E-state index in [0.717, 1.165) is 25.9 Å². The maximum Gasteiger partial charge on any atom is 0.135 e. The highest BCUT2D eigenvalue weighted by Crippen LogP contribution is 2.16. The molecule has 0 aliphatic carbocycles. The summed E-state index contributed by atoms with van der Waals surface area (Å²) in [5.74, 6) is 2.84. The van der Waals surface area contributed by atoms with Crippen LogP contribution in [0.1, 0.15) is 44.9 Å². The fourth-order valence-corrected chi connectivity index (χ4v) is 1.71. The average Bonchev–Trinajstić information content (AvgIpc) is 2.20. The van der Waals surface area contributed by atoms with Gasteiger partial charge in [0, 0.05) is 25.9 Å². The Balaban J connectivity index is 2.10. The molecular formula is C12H18O2. The van der Waals surface area contributed by atoms with Crippen LogP contribution >= 0.6 is 0 Å². The topological polar surface area (TPSA) is 26.3 Å². The Hall–Kier alpha value is -0.810. The number of hydrogen-bond donors (Lipinski definition) is 0. The molecule has 0 amide bonds. The van der Waals surface area contributed by atoms with E-state index in [2.05, 4.69) is 5.92 Å². The predicted molar refractivity (Wildman–Crippen MR) is 55.9 cm³/mol. The average molecular weight is 194 g/mol. The predicted octanol–water partition coefficient (Wildman–Crippen LogP) is 2.32. The molecule has 1 atom stereocenters. The molecule has 0 aromatic carbocycles. The van der Waals surface area contributed by atoms with Crippen molar-refractivity contribution in [1.29, 1.82) is 0 Å². The number of hydrogen-bond acceptors (Lipinski definition) is 2. The van der Waals surface area contributed by atoms with Crippen LogP contribution in [-0.2, 0) is 9.53 Å². The van der Waals surface area contributed by atoms with Crippen LogP contribution in [0.5, 0.6) is 0 Å². The van der Waals surface area contributed by atoms with Crippen LogP contribution in [0.2, 0.25) is 0 Å². The smallest absolute Gasteiger partial charge is 0.135 e. The van der Waals surface area contributed by atoms with Crippen LogP contribution < -0.4 is 0 Å². The lowest BCUT2D eigenvalue weighted by Gasteiger charge is -2.21. The summed E-state index contributed by atoms with van der Waals surface area (Å²) in [7, 11) is 0. The summed E-state index contributed by atoms with van der Waals surface area (Å²) in [6.07, 6.45) is 11.4. The van der Waals surface area contributed by atoms with Gasteiger partial charge in [-0.15, -0.1) is 12.3 Å². The minimum Gasteiger partial charge on any atom is -0.378 e. The second-order valence-electron chi connectivity index (χ2n) is 3.79. The lowest BCUT2D eigenvalue weighted by atomic mass is 10.0. The molecule has 14 heavy (non-hydrogen) atoms. The molecule has 0 aromatic heterocycles. The van der Waals surface area contributed by atoms with Crippen LogP contribution in [0.25, 0.3) is 0 Å². The molecule has 1 aliphatic heterocycles. The lowest BCUT2D eigenvalue weighted by molar-refractivity contribution is -0.122. The fraction of sp³-hybridized carbons (Fsp3) is 0.750. The third-order valence-electron chi connectivity index (χ3n) is 2.51. The number of ketones is 1. The van der Waals surface area contributed by atoms with E-state index in [0.29, 0.717) is 25.0 Å². The Morgan fingerprint density at radius 2 is 2.36 bits per heavy atom. The Labute approximate surface area is 86.0 Å². The van der Waals surface area contributed by atoms with Gasteiger partial charge in [0.1, 0.15) is 5.78 Å². The van der Waals surface area contributed by atoms with Gasteiger partial charge >= 0.3 is 0 Å². The Morgan fingerprint density at radius 3 is 3.00 bits per heavy atom. The van der Waals surface area contributed by atoms with Crippen LogP contribution in [0, 0.1) is 12.3 Å². The van der Waals surface area contributed by atoms with Crippen LogP contribution in [0.4, 0.5) is 0 Å². The van der Waals surface area contributed by atoms with Crippen molar-refractivity contribution in [3.8, 4) is 12.3 Å². The highest BCUT2D eigenvalue weighted by atomic mass is 16.5. The third kappa shape index (κ3) is 4.43. The molecule has 1 unspecified atom stereocenters. The molecule has 0 bridgehead atoms. The molecule has 1 aliphatic rings. The molecule has 2 heteroatoms. The normalized spacial score (nSPS) is 21.5. The molecule has 1 heterocycles. The first-order chi connectivity index (χ1) is 6.83. The number of carbonyl (C=O) groups is 1. The summed E-state index contributed by atoms with van der Waals surface area (Å²) in [6.45, 7) is 0.822. The Kier molecular flexibility index (Phi) is 5.32. The van der Waals surface area contributed by atoms with Gasteiger partial charge in [0.05, 0.1) is 6.10 Å². The number of carbonyl (C=O) groups excluding carboxylic acids is 1. The van der Waals surface area contributed by atoms with Gasteiger partial charge in [-0.3, -0.25) is 4.79 Å². The maximum atomic E-state index is 11.4. The van der Waals surface area contributed by atoms with E-state index >= 15 is 0 Å². The van der Waals surface area contributed by atoms with Gasteiger partial charge in [0.25, 0.3) is 0 Å². The van der Waals surface area contributed by atoms with E-state index in [-0.39, 0.29) is 6.10 Å². The highest BCUT2D eigenvalue weighted by molar-refractivity contribution is 5.78. The zero-order valence-electron chi connectivity index (χ0n) is 8.63. The van der Waals surface area contributed by atoms with Crippen molar-refractivity contribution in [3.63, 3.8) is 0 Å². The largest absolute Gasteiger partial charge is 0.378 e. The molecule has 0 N–H and O–H groups in total. The first kappa shape index (κ1) is 11.3. The summed E-state index contributed by atoms with van der Waals surface area (Å²) >= 11 is 0. The van der Waals surface area contributed by atoms with Gasteiger partial charge in [0.15, 0.2) is 0 Å². The number of ether oxygens (including phenoxy) is 1. The standard InChI is InChI=1S/C12H18O2/c1-2-3-4-7-11(13)10-12-8-5-6-9-14-12/h1,12H,3-10H2. The Bertz CT molecular complexity index is 209. The zero-order chi connectivity index (χ0) is 10.2. The third-order valence-corrected chi connectivity index (χ3v) is 2.51. The van der Waals surface area contributed by atoms with Crippen molar-refractivity contribution >= 4 is 5.78 Å². The van der Waals surface area contributed by atoms with E-state index < -0.39 is 0 Å². The molecule has 1 fully saturated rings. The molecule has 0 spiro atoms.